The largest absolute Gasteiger partial charge is 0.310 e. The standard InChI is InChI=1S/C22H26N4O/c1-25-21-20(14-24-25)18-10-2-3-11-19(18)22(27)26(21)17-9-4-6-15(12-17)13-23-16-7-5-8-16/h4,6,9,12,14,16,23H,2-3,5,7-8,10-11,13H2,1H3. The van der Waals surface area contributed by atoms with E-state index in [1.54, 1.807) is 0 Å². The highest BCUT2D eigenvalue weighted by molar-refractivity contribution is 5.82. The van der Waals surface area contributed by atoms with E-state index in [9.17, 15) is 4.79 Å². The molecule has 3 aromatic rings. The SMILES string of the molecule is Cn1ncc2c3c(c(=O)n(-c4cccc(CNC5CCC5)c4)c21)CCCC3. The zero-order valence-electron chi connectivity index (χ0n) is 15.9. The van der Waals surface area contributed by atoms with Gasteiger partial charge < -0.3 is 5.32 Å². The summed E-state index contributed by atoms with van der Waals surface area (Å²) in [7, 11) is 1.93. The maximum Gasteiger partial charge on any atom is 0.260 e. The first-order chi connectivity index (χ1) is 13.2. The van der Waals surface area contributed by atoms with Crippen LogP contribution < -0.4 is 10.9 Å². The zero-order valence-corrected chi connectivity index (χ0v) is 15.9. The van der Waals surface area contributed by atoms with Gasteiger partial charge >= 0.3 is 0 Å². The lowest BCUT2D eigenvalue weighted by atomic mass is 9.91. The number of benzene rings is 1. The second-order valence-electron chi connectivity index (χ2n) is 7.99. The molecule has 1 saturated carbocycles. The maximum atomic E-state index is 13.4. The molecule has 0 aliphatic heterocycles. The predicted octanol–water partition coefficient (Wildman–Crippen LogP) is 3.25. The van der Waals surface area contributed by atoms with Gasteiger partial charge in [0.15, 0.2) is 0 Å². The van der Waals surface area contributed by atoms with Gasteiger partial charge in [-0.3, -0.25) is 14.0 Å². The summed E-state index contributed by atoms with van der Waals surface area (Å²) >= 11 is 0. The third-order valence-electron chi connectivity index (χ3n) is 6.24. The Morgan fingerprint density at radius 3 is 2.74 bits per heavy atom. The number of hydrogen-bond donors (Lipinski definition) is 1. The molecule has 27 heavy (non-hydrogen) atoms. The third kappa shape index (κ3) is 2.81. The Bertz CT molecular complexity index is 1060. The van der Waals surface area contributed by atoms with Gasteiger partial charge in [0.25, 0.3) is 5.56 Å². The lowest BCUT2D eigenvalue weighted by molar-refractivity contribution is 0.338. The summed E-state index contributed by atoms with van der Waals surface area (Å²) in [6.45, 7) is 0.854. The van der Waals surface area contributed by atoms with E-state index >= 15 is 0 Å². The van der Waals surface area contributed by atoms with Gasteiger partial charge in [-0.25, -0.2) is 0 Å². The van der Waals surface area contributed by atoms with Crippen molar-refractivity contribution in [1.29, 1.82) is 0 Å². The number of fused-ring (bicyclic) bond motifs is 3. The molecular weight excluding hydrogens is 336 g/mol. The van der Waals surface area contributed by atoms with Crippen LogP contribution in [0.2, 0.25) is 0 Å². The van der Waals surface area contributed by atoms with Crippen molar-refractivity contribution in [3.8, 4) is 5.69 Å². The fourth-order valence-electron chi connectivity index (χ4n) is 4.50. The number of nitrogens with one attached hydrogen (secondary N) is 1. The van der Waals surface area contributed by atoms with Gasteiger partial charge in [0.2, 0.25) is 0 Å². The van der Waals surface area contributed by atoms with E-state index in [0.29, 0.717) is 6.04 Å². The average molecular weight is 362 g/mol. The van der Waals surface area contributed by atoms with Crippen LogP contribution in [-0.4, -0.2) is 20.4 Å². The normalized spacial score (nSPS) is 17.1. The third-order valence-corrected chi connectivity index (χ3v) is 6.24. The fraction of sp³-hybridized carbons (Fsp3) is 0.455. The van der Waals surface area contributed by atoms with Crippen LogP contribution >= 0.6 is 0 Å². The molecule has 2 aromatic heterocycles. The van der Waals surface area contributed by atoms with Crippen molar-refractivity contribution in [2.45, 2.75) is 57.5 Å². The molecule has 0 bridgehead atoms. The van der Waals surface area contributed by atoms with Crippen molar-refractivity contribution >= 4 is 11.0 Å². The second kappa shape index (κ2) is 6.64. The minimum Gasteiger partial charge on any atom is -0.310 e. The van der Waals surface area contributed by atoms with Gasteiger partial charge in [-0.15, -0.1) is 0 Å². The van der Waals surface area contributed by atoms with Gasteiger partial charge in [0, 0.05) is 30.6 Å². The van der Waals surface area contributed by atoms with Crippen LogP contribution in [0.4, 0.5) is 0 Å². The van der Waals surface area contributed by atoms with Crippen molar-refractivity contribution < 1.29 is 0 Å². The monoisotopic (exact) mass is 362 g/mol. The Kier molecular flexibility index (Phi) is 4.12. The Labute approximate surface area is 159 Å². The summed E-state index contributed by atoms with van der Waals surface area (Å²) in [5, 5.41) is 9.22. The van der Waals surface area contributed by atoms with Crippen molar-refractivity contribution in [3.05, 3.63) is 57.5 Å². The zero-order chi connectivity index (χ0) is 18.4. The van der Waals surface area contributed by atoms with E-state index in [1.807, 2.05) is 28.6 Å². The summed E-state index contributed by atoms with van der Waals surface area (Å²) < 4.78 is 3.71. The number of nitrogens with zero attached hydrogens (tertiary/aromatic N) is 3. The van der Waals surface area contributed by atoms with E-state index in [2.05, 4.69) is 28.6 Å². The molecule has 5 heteroatoms. The number of pyridine rings is 1. The van der Waals surface area contributed by atoms with Crippen LogP contribution in [-0.2, 0) is 26.4 Å². The summed E-state index contributed by atoms with van der Waals surface area (Å²) in [5.74, 6) is 0. The smallest absolute Gasteiger partial charge is 0.260 e. The first kappa shape index (κ1) is 16.8. The Morgan fingerprint density at radius 2 is 1.96 bits per heavy atom. The highest BCUT2D eigenvalue weighted by Crippen LogP contribution is 2.28. The number of hydrogen-bond acceptors (Lipinski definition) is 3. The van der Waals surface area contributed by atoms with Crippen LogP contribution in [0.1, 0.15) is 48.8 Å². The van der Waals surface area contributed by atoms with Crippen molar-refractivity contribution in [2.75, 3.05) is 0 Å². The molecule has 2 aliphatic carbocycles. The van der Waals surface area contributed by atoms with Crippen molar-refractivity contribution in [3.63, 3.8) is 0 Å². The Morgan fingerprint density at radius 1 is 1.15 bits per heavy atom. The van der Waals surface area contributed by atoms with E-state index in [1.165, 1.54) is 30.4 Å². The quantitative estimate of drug-likeness (QED) is 0.775. The molecule has 1 fully saturated rings. The Hall–Kier alpha value is -2.40. The molecule has 0 unspecified atom stereocenters. The molecule has 0 amide bonds. The molecule has 0 saturated heterocycles. The van der Waals surface area contributed by atoms with E-state index < -0.39 is 0 Å². The summed E-state index contributed by atoms with van der Waals surface area (Å²) in [4.78, 5) is 13.4. The minimum absolute atomic E-state index is 0.130. The van der Waals surface area contributed by atoms with E-state index in [4.69, 9.17) is 0 Å². The average Bonchev–Trinajstić information content (AvgIpc) is 3.03. The van der Waals surface area contributed by atoms with E-state index in [0.717, 1.165) is 54.5 Å². The fourth-order valence-corrected chi connectivity index (χ4v) is 4.50. The topological polar surface area (TPSA) is 51.9 Å². The summed E-state index contributed by atoms with van der Waals surface area (Å²) in [6, 6.07) is 9.04. The molecular formula is C22H26N4O. The predicted molar refractivity (Wildman–Crippen MR) is 107 cm³/mol. The van der Waals surface area contributed by atoms with Crippen LogP contribution in [0, 0.1) is 0 Å². The van der Waals surface area contributed by atoms with Crippen LogP contribution in [0.25, 0.3) is 16.7 Å². The summed E-state index contributed by atoms with van der Waals surface area (Å²) in [5.41, 5.74) is 5.40. The molecule has 0 spiro atoms. The van der Waals surface area contributed by atoms with Gasteiger partial charge in [0.05, 0.1) is 11.9 Å². The van der Waals surface area contributed by atoms with Crippen LogP contribution in [0.5, 0.6) is 0 Å². The van der Waals surface area contributed by atoms with E-state index in [-0.39, 0.29) is 5.56 Å². The van der Waals surface area contributed by atoms with Crippen molar-refractivity contribution in [2.24, 2.45) is 7.05 Å². The van der Waals surface area contributed by atoms with Gasteiger partial charge in [-0.1, -0.05) is 18.6 Å². The molecule has 5 rings (SSSR count). The van der Waals surface area contributed by atoms with Gasteiger partial charge in [-0.05, 0) is 61.8 Å². The highest BCUT2D eigenvalue weighted by Gasteiger charge is 2.22. The molecule has 5 nitrogen and oxygen atoms in total. The first-order valence-corrected chi connectivity index (χ1v) is 10.1. The lowest BCUT2D eigenvalue weighted by Gasteiger charge is -2.26. The molecule has 0 radical (unpaired) electrons. The molecule has 2 aliphatic rings. The second-order valence-corrected chi connectivity index (χ2v) is 7.99. The number of rotatable bonds is 4. The van der Waals surface area contributed by atoms with Gasteiger partial charge in [0.1, 0.15) is 5.65 Å². The van der Waals surface area contributed by atoms with Crippen LogP contribution in [0.3, 0.4) is 0 Å². The van der Waals surface area contributed by atoms with Gasteiger partial charge in [-0.2, -0.15) is 5.10 Å². The molecule has 0 atom stereocenters. The molecule has 140 valence electrons. The molecule has 1 aromatic carbocycles. The highest BCUT2D eigenvalue weighted by atomic mass is 16.1. The first-order valence-electron chi connectivity index (χ1n) is 10.1. The Balaban J connectivity index is 1.63. The van der Waals surface area contributed by atoms with Crippen molar-refractivity contribution in [1.82, 2.24) is 19.7 Å². The maximum absolute atomic E-state index is 13.4. The molecule has 1 N–H and O–H groups in total. The lowest BCUT2D eigenvalue weighted by Crippen LogP contribution is -2.34. The van der Waals surface area contributed by atoms with Crippen LogP contribution in [0.15, 0.2) is 35.3 Å². The number of aryl methyl sites for hydroxylation is 2. The molecule has 2 heterocycles. The number of aromatic nitrogens is 3. The minimum atomic E-state index is 0.130. The summed E-state index contributed by atoms with van der Waals surface area (Å²) in [6.07, 6.45) is 9.93.